The third-order valence-corrected chi connectivity index (χ3v) is 2.33. The van der Waals surface area contributed by atoms with Crippen LogP contribution < -0.4 is 0 Å². The van der Waals surface area contributed by atoms with Crippen molar-refractivity contribution in [3.8, 4) is 0 Å². The SMILES string of the molecule is O=S(=O)(c1cn[nH]n1)C(F)(F)F. The number of sulfone groups is 1. The number of aromatic nitrogens is 3. The molecule has 0 spiro atoms. The molecule has 1 aromatic rings. The molecular weight excluding hydrogens is 199 g/mol. The smallest absolute Gasteiger partial charge is 0.213 e. The van der Waals surface area contributed by atoms with Crippen molar-refractivity contribution >= 4 is 9.84 Å². The van der Waals surface area contributed by atoms with E-state index in [0.717, 1.165) is 0 Å². The first-order valence-electron chi connectivity index (χ1n) is 2.53. The minimum atomic E-state index is -5.34. The Labute approximate surface area is 64.5 Å². The van der Waals surface area contributed by atoms with Crippen molar-refractivity contribution in [3.63, 3.8) is 0 Å². The molecule has 1 rings (SSSR count). The highest BCUT2D eigenvalue weighted by molar-refractivity contribution is 7.92. The molecule has 0 aromatic carbocycles. The summed E-state index contributed by atoms with van der Waals surface area (Å²) in [7, 11) is -5.34. The third kappa shape index (κ3) is 1.26. The number of H-pyrrole nitrogens is 1. The third-order valence-electron chi connectivity index (χ3n) is 0.973. The van der Waals surface area contributed by atoms with Gasteiger partial charge in [-0.3, -0.25) is 0 Å². The lowest BCUT2D eigenvalue weighted by Crippen LogP contribution is -2.23. The van der Waals surface area contributed by atoms with Crippen molar-refractivity contribution in [2.45, 2.75) is 10.5 Å². The van der Waals surface area contributed by atoms with Gasteiger partial charge < -0.3 is 0 Å². The first-order chi connectivity index (χ1) is 5.36. The van der Waals surface area contributed by atoms with E-state index in [1.54, 1.807) is 5.21 Å². The molecule has 5 nitrogen and oxygen atoms in total. The number of hydrogen-bond donors (Lipinski definition) is 1. The summed E-state index contributed by atoms with van der Waals surface area (Å²) in [6.45, 7) is 0. The molecule has 0 amide bonds. The zero-order valence-electron chi connectivity index (χ0n) is 5.33. The van der Waals surface area contributed by atoms with Gasteiger partial charge in [0.1, 0.15) is 0 Å². The molecule has 0 unspecified atom stereocenters. The van der Waals surface area contributed by atoms with Crippen molar-refractivity contribution in [1.82, 2.24) is 15.4 Å². The van der Waals surface area contributed by atoms with Crippen molar-refractivity contribution in [2.24, 2.45) is 0 Å². The van der Waals surface area contributed by atoms with Gasteiger partial charge in [-0.25, -0.2) is 8.42 Å². The standard InChI is InChI=1S/C3H2F3N3O2S/c4-3(5,6)12(10,11)2-1-7-9-8-2/h1H,(H,7,8,9). The fourth-order valence-electron chi connectivity index (χ4n) is 0.439. The summed E-state index contributed by atoms with van der Waals surface area (Å²) >= 11 is 0. The second kappa shape index (κ2) is 2.44. The summed E-state index contributed by atoms with van der Waals surface area (Å²) in [4.78, 5) is 0. The molecule has 0 aliphatic rings. The second-order valence-electron chi connectivity index (χ2n) is 1.76. The average molecular weight is 201 g/mol. The highest BCUT2D eigenvalue weighted by Crippen LogP contribution is 2.28. The Kier molecular flexibility index (Phi) is 1.82. The van der Waals surface area contributed by atoms with E-state index in [1.165, 1.54) is 0 Å². The number of halogens is 3. The maximum atomic E-state index is 11.7. The molecule has 1 aromatic heterocycles. The molecule has 0 fully saturated rings. The molecular formula is C3H2F3N3O2S. The Morgan fingerprint density at radius 1 is 1.42 bits per heavy atom. The summed E-state index contributed by atoms with van der Waals surface area (Å²) in [6.07, 6.45) is 0.489. The van der Waals surface area contributed by atoms with Gasteiger partial charge in [-0.2, -0.15) is 23.5 Å². The maximum Gasteiger partial charge on any atom is 0.503 e. The molecule has 0 saturated carbocycles. The first-order valence-corrected chi connectivity index (χ1v) is 4.01. The first kappa shape index (κ1) is 8.97. The molecule has 0 aliphatic carbocycles. The molecule has 12 heavy (non-hydrogen) atoms. The molecule has 68 valence electrons. The fourth-order valence-corrected chi connectivity index (χ4v) is 1.03. The van der Waals surface area contributed by atoms with E-state index in [1.807, 2.05) is 0 Å². The number of aromatic amines is 1. The van der Waals surface area contributed by atoms with Crippen molar-refractivity contribution < 1.29 is 21.6 Å². The highest BCUT2D eigenvalue weighted by atomic mass is 32.2. The van der Waals surface area contributed by atoms with Gasteiger partial charge in [0.2, 0.25) is 5.03 Å². The van der Waals surface area contributed by atoms with Crippen LogP contribution in [-0.4, -0.2) is 29.3 Å². The molecule has 1 heterocycles. The lowest BCUT2D eigenvalue weighted by atomic mass is 11.0. The van der Waals surface area contributed by atoms with Crippen LogP contribution in [0.5, 0.6) is 0 Å². The van der Waals surface area contributed by atoms with Crippen LogP contribution in [-0.2, 0) is 9.84 Å². The Bertz CT molecular complexity index is 353. The molecule has 1 N–H and O–H groups in total. The van der Waals surface area contributed by atoms with Gasteiger partial charge in [0.05, 0.1) is 6.20 Å². The fraction of sp³-hybridized carbons (Fsp3) is 0.333. The number of nitrogens with zero attached hydrogens (tertiary/aromatic N) is 2. The monoisotopic (exact) mass is 201 g/mol. The normalized spacial score (nSPS) is 13.2. The zero-order chi connectivity index (χ0) is 9.41. The summed E-state index contributed by atoms with van der Waals surface area (Å²) in [5.41, 5.74) is -5.33. The molecule has 0 saturated heterocycles. The van der Waals surface area contributed by atoms with Gasteiger partial charge in [-0.05, 0) is 0 Å². The highest BCUT2D eigenvalue weighted by Gasteiger charge is 2.48. The topological polar surface area (TPSA) is 75.7 Å². The second-order valence-corrected chi connectivity index (χ2v) is 3.65. The largest absolute Gasteiger partial charge is 0.503 e. The lowest BCUT2D eigenvalue weighted by molar-refractivity contribution is -0.0438. The van der Waals surface area contributed by atoms with Crippen LogP contribution in [0, 0.1) is 0 Å². The van der Waals surface area contributed by atoms with E-state index in [4.69, 9.17) is 0 Å². The van der Waals surface area contributed by atoms with Crippen molar-refractivity contribution in [3.05, 3.63) is 6.20 Å². The zero-order valence-corrected chi connectivity index (χ0v) is 6.15. The number of rotatable bonds is 1. The van der Waals surface area contributed by atoms with Gasteiger partial charge >= 0.3 is 5.51 Å². The van der Waals surface area contributed by atoms with E-state index in [0.29, 0.717) is 6.20 Å². The van der Waals surface area contributed by atoms with Gasteiger partial charge in [0.25, 0.3) is 9.84 Å². The Morgan fingerprint density at radius 2 is 2.00 bits per heavy atom. The van der Waals surface area contributed by atoms with E-state index in [2.05, 4.69) is 10.2 Å². The molecule has 0 atom stereocenters. The molecule has 9 heteroatoms. The minimum absolute atomic E-state index is 0.489. The van der Waals surface area contributed by atoms with E-state index in [9.17, 15) is 21.6 Å². The maximum absolute atomic E-state index is 11.7. The van der Waals surface area contributed by atoms with Gasteiger partial charge in [0, 0.05) is 0 Å². The Hall–Kier alpha value is -1.12. The number of hydrogen-bond acceptors (Lipinski definition) is 4. The van der Waals surface area contributed by atoms with E-state index >= 15 is 0 Å². The molecule has 0 aliphatic heterocycles. The molecule has 0 bridgehead atoms. The van der Waals surface area contributed by atoms with Crippen LogP contribution >= 0.6 is 0 Å². The van der Waals surface area contributed by atoms with Crippen LogP contribution in [0.15, 0.2) is 11.2 Å². The Morgan fingerprint density at radius 3 is 2.33 bits per heavy atom. The average Bonchev–Trinajstić information content (AvgIpc) is 2.34. The van der Waals surface area contributed by atoms with E-state index < -0.39 is 20.4 Å². The Balaban J connectivity index is 3.22. The van der Waals surface area contributed by atoms with Crippen LogP contribution in [0.25, 0.3) is 0 Å². The summed E-state index contributed by atoms with van der Waals surface area (Å²) < 4.78 is 56.1. The molecule has 0 radical (unpaired) electrons. The minimum Gasteiger partial charge on any atom is -0.213 e. The quantitative estimate of drug-likeness (QED) is 0.699. The van der Waals surface area contributed by atoms with Crippen LogP contribution in [0.1, 0.15) is 0 Å². The summed E-state index contributed by atoms with van der Waals surface area (Å²) in [5.74, 6) is 0. The van der Waals surface area contributed by atoms with E-state index in [-0.39, 0.29) is 0 Å². The number of alkyl halides is 3. The van der Waals surface area contributed by atoms with Crippen LogP contribution in [0.3, 0.4) is 0 Å². The summed E-state index contributed by atoms with van der Waals surface area (Å²) in [5, 5.41) is 6.40. The van der Waals surface area contributed by atoms with Crippen LogP contribution in [0.2, 0.25) is 0 Å². The van der Waals surface area contributed by atoms with Gasteiger partial charge in [-0.15, -0.1) is 5.10 Å². The van der Waals surface area contributed by atoms with Gasteiger partial charge in [0.15, 0.2) is 0 Å². The lowest BCUT2D eigenvalue weighted by Gasteiger charge is -2.02. The predicted octanol–water partition coefficient (Wildman–Crippen LogP) is 0.0982. The van der Waals surface area contributed by atoms with Gasteiger partial charge in [-0.1, -0.05) is 0 Å². The van der Waals surface area contributed by atoms with Crippen molar-refractivity contribution in [1.29, 1.82) is 0 Å². The summed E-state index contributed by atoms with van der Waals surface area (Å²) in [6, 6.07) is 0. The van der Waals surface area contributed by atoms with Crippen molar-refractivity contribution in [2.75, 3.05) is 0 Å². The number of nitrogens with one attached hydrogen (secondary N) is 1. The predicted molar refractivity (Wildman–Crippen MR) is 29.6 cm³/mol. The van der Waals surface area contributed by atoms with Crippen LogP contribution in [0.4, 0.5) is 13.2 Å².